The molecule has 0 saturated carbocycles. The van der Waals surface area contributed by atoms with Crippen LogP contribution in [0.15, 0.2) is 226 Å². The summed E-state index contributed by atoms with van der Waals surface area (Å²) < 4.78 is 16.4. The fourth-order valence-electron chi connectivity index (χ4n) is 10.4. The van der Waals surface area contributed by atoms with E-state index in [2.05, 4.69) is 211 Å². The van der Waals surface area contributed by atoms with Crippen LogP contribution in [0.1, 0.15) is 11.5 Å². The summed E-state index contributed by atoms with van der Waals surface area (Å²) in [6, 6.07) is 67.9. The second kappa shape index (κ2) is 14.5. The van der Waals surface area contributed by atoms with E-state index in [4.69, 9.17) is 8.83 Å². The van der Waals surface area contributed by atoms with E-state index in [9.17, 15) is 0 Å². The van der Waals surface area contributed by atoms with Gasteiger partial charge in [-0.1, -0.05) is 152 Å². The minimum absolute atomic E-state index is 0.423. The molecule has 14 rings (SSSR count). The average Bonchev–Trinajstić information content (AvgIpc) is 4.14. The summed E-state index contributed by atoms with van der Waals surface area (Å²) in [6.07, 6.45) is 9.06. The highest BCUT2D eigenvalue weighted by molar-refractivity contribution is 8.00. The first-order chi connectivity index (χ1) is 32.2. The van der Waals surface area contributed by atoms with Crippen molar-refractivity contribution in [1.29, 1.82) is 0 Å². The predicted molar refractivity (Wildman–Crippen MR) is 276 cm³/mol. The van der Waals surface area contributed by atoms with Crippen LogP contribution in [0, 0.1) is 0 Å². The Morgan fingerprint density at radius 3 is 2.00 bits per heavy atom. The number of fused-ring (bicyclic) bond motifs is 12. The maximum Gasteiger partial charge on any atom is 0.144 e. The van der Waals surface area contributed by atoms with Crippen molar-refractivity contribution in [1.82, 2.24) is 0 Å². The summed E-state index contributed by atoms with van der Waals surface area (Å²) in [7, 11) is 0. The van der Waals surface area contributed by atoms with Crippen molar-refractivity contribution >= 4 is 104 Å². The molecule has 2 unspecified atom stereocenters. The second-order valence-corrected chi connectivity index (χ2v) is 19.3. The predicted octanol–water partition coefficient (Wildman–Crippen LogP) is 18.0. The summed E-state index contributed by atoms with van der Waals surface area (Å²) in [4.78, 5) is 3.73. The Balaban J connectivity index is 0.947. The summed E-state index contributed by atoms with van der Waals surface area (Å²) in [5.41, 5.74) is 15.1. The average molecular weight is 868 g/mol. The van der Waals surface area contributed by atoms with E-state index < -0.39 is 0 Å². The number of anilines is 3. The standard InChI is InChI=1S/C60H37NO2S2/c1-2-12-36(13-3-1)37-24-28-39(29-25-37)61(40-30-26-38(27-31-40)42-17-10-18-46-44-14-5-8-22-54(44)64-59(42)46)41-32-33-43-50-35-53-56(48-16-4-7-21-51(48)62-53)57(58(50)63-52(43)34-41)49-20-11-19-47-45-15-6-9-23-55(45)65-60(47)49/h1-35,44,54H. The van der Waals surface area contributed by atoms with Gasteiger partial charge < -0.3 is 13.7 Å². The van der Waals surface area contributed by atoms with E-state index in [-0.39, 0.29) is 0 Å². The summed E-state index contributed by atoms with van der Waals surface area (Å²) in [5.74, 6) is 0.423. The Bertz CT molecular complexity index is 3930. The Kier molecular flexibility index (Phi) is 8.21. The topological polar surface area (TPSA) is 29.5 Å². The second-order valence-electron chi connectivity index (χ2n) is 17.1. The van der Waals surface area contributed by atoms with Gasteiger partial charge in [-0.3, -0.25) is 0 Å². The molecule has 0 radical (unpaired) electrons. The highest BCUT2D eigenvalue weighted by Crippen LogP contribution is 2.53. The molecule has 0 fully saturated rings. The Hall–Kier alpha value is -7.57. The van der Waals surface area contributed by atoms with Gasteiger partial charge >= 0.3 is 0 Å². The van der Waals surface area contributed by atoms with Crippen LogP contribution in [0.3, 0.4) is 0 Å². The Morgan fingerprint density at radius 2 is 1.14 bits per heavy atom. The lowest BCUT2D eigenvalue weighted by Crippen LogP contribution is -2.09. The molecule has 0 amide bonds. The largest absolute Gasteiger partial charge is 0.456 e. The van der Waals surface area contributed by atoms with E-state index in [1.54, 1.807) is 0 Å². The summed E-state index contributed by atoms with van der Waals surface area (Å²) >= 11 is 3.83. The maximum absolute atomic E-state index is 7.21. The van der Waals surface area contributed by atoms with Crippen LogP contribution in [-0.4, -0.2) is 5.25 Å². The van der Waals surface area contributed by atoms with Crippen molar-refractivity contribution in [3.05, 3.63) is 218 Å². The Morgan fingerprint density at radius 1 is 0.446 bits per heavy atom. The molecule has 0 saturated heterocycles. The SMILES string of the molecule is C1=CC2Sc3c(-c4ccc(N(c5ccc(-c6ccccc6)cc5)c5ccc6c(c5)oc5c(-c7cccc8c7sc7ccccc78)c7c(cc56)oc5ccccc57)cc4)cccc3C2C=C1. The zero-order valence-electron chi connectivity index (χ0n) is 34.9. The fraction of sp³-hybridized carbons (Fsp3) is 0.0333. The first-order valence-corrected chi connectivity index (χ1v) is 23.8. The molecule has 0 N–H and O–H groups in total. The van der Waals surface area contributed by atoms with Gasteiger partial charge in [-0.05, 0) is 82.4 Å². The van der Waals surface area contributed by atoms with Gasteiger partial charge in [-0.2, -0.15) is 0 Å². The van der Waals surface area contributed by atoms with Gasteiger partial charge in [-0.25, -0.2) is 0 Å². The van der Waals surface area contributed by atoms with Gasteiger partial charge in [0.25, 0.3) is 0 Å². The highest BCUT2D eigenvalue weighted by Gasteiger charge is 2.33. The number of furan rings is 2. The molecule has 9 aromatic carbocycles. The molecular formula is C60H37NO2S2. The third-order valence-electron chi connectivity index (χ3n) is 13.4. The van der Waals surface area contributed by atoms with Crippen molar-refractivity contribution in [2.75, 3.05) is 4.90 Å². The van der Waals surface area contributed by atoms with Gasteiger partial charge in [0, 0.05) is 92.0 Å². The van der Waals surface area contributed by atoms with E-state index in [0.29, 0.717) is 11.2 Å². The molecule has 0 bridgehead atoms. The summed E-state index contributed by atoms with van der Waals surface area (Å²) in [6.45, 7) is 0. The van der Waals surface area contributed by atoms with Crippen molar-refractivity contribution in [2.24, 2.45) is 0 Å². The zero-order chi connectivity index (χ0) is 42.6. The van der Waals surface area contributed by atoms with E-state index in [0.717, 1.165) is 72.1 Å². The molecule has 12 aromatic rings. The number of para-hydroxylation sites is 1. The third kappa shape index (κ3) is 5.76. The lowest BCUT2D eigenvalue weighted by Gasteiger charge is -2.26. The van der Waals surface area contributed by atoms with Gasteiger partial charge in [0.05, 0.1) is 0 Å². The van der Waals surface area contributed by atoms with Crippen LogP contribution in [0.25, 0.3) is 97.4 Å². The fourth-order valence-corrected chi connectivity index (χ4v) is 13.1. The monoisotopic (exact) mass is 867 g/mol. The van der Waals surface area contributed by atoms with Crippen molar-refractivity contribution < 1.29 is 8.83 Å². The van der Waals surface area contributed by atoms with Crippen molar-refractivity contribution in [3.8, 4) is 33.4 Å². The van der Waals surface area contributed by atoms with Gasteiger partial charge in [0.2, 0.25) is 0 Å². The highest BCUT2D eigenvalue weighted by atomic mass is 32.2. The molecule has 1 aliphatic heterocycles. The number of hydrogen-bond donors (Lipinski definition) is 0. The molecule has 306 valence electrons. The van der Waals surface area contributed by atoms with Crippen LogP contribution in [0.5, 0.6) is 0 Å². The van der Waals surface area contributed by atoms with Gasteiger partial charge in [0.1, 0.15) is 22.3 Å². The van der Waals surface area contributed by atoms with E-state index in [1.165, 1.54) is 52.9 Å². The smallest absolute Gasteiger partial charge is 0.144 e. The van der Waals surface area contributed by atoms with E-state index >= 15 is 0 Å². The van der Waals surface area contributed by atoms with Gasteiger partial charge in [-0.15, -0.1) is 23.1 Å². The zero-order valence-corrected chi connectivity index (χ0v) is 36.6. The molecule has 2 atom stereocenters. The first-order valence-electron chi connectivity index (χ1n) is 22.1. The normalized spacial score (nSPS) is 15.5. The van der Waals surface area contributed by atoms with Crippen LogP contribution in [0.2, 0.25) is 0 Å². The van der Waals surface area contributed by atoms with E-state index in [1.807, 2.05) is 29.2 Å². The lowest BCUT2D eigenvalue weighted by molar-refractivity contribution is 0.664. The summed E-state index contributed by atoms with van der Waals surface area (Å²) in [5, 5.41) is 7.21. The molecule has 3 nitrogen and oxygen atoms in total. The van der Waals surface area contributed by atoms with Gasteiger partial charge in [0.15, 0.2) is 0 Å². The minimum atomic E-state index is 0.423. The molecular weight excluding hydrogens is 831 g/mol. The molecule has 65 heavy (non-hydrogen) atoms. The first kappa shape index (κ1) is 36.9. The number of rotatable bonds is 6. The maximum atomic E-state index is 7.21. The molecule has 2 aliphatic rings. The molecule has 1 aliphatic carbocycles. The number of nitrogens with zero attached hydrogens (tertiary/aromatic N) is 1. The minimum Gasteiger partial charge on any atom is -0.456 e. The number of benzene rings is 9. The van der Waals surface area contributed by atoms with Crippen LogP contribution >= 0.6 is 23.1 Å². The number of allylic oxidation sites excluding steroid dienone is 3. The molecule has 3 aromatic heterocycles. The Labute approximate surface area is 383 Å². The van der Waals surface area contributed by atoms with Crippen LogP contribution < -0.4 is 4.90 Å². The number of thioether (sulfide) groups is 1. The van der Waals surface area contributed by atoms with Crippen molar-refractivity contribution in [2.45, 2.75) is 16.1 Å². The number of hydrogen-bond acceptors (Lipinski definition) is 5. The van der Waals surface area contributed by atoms with Crippen LogP contribution in [0.4, 0.5) is 17.1 Å². The van der Waals surface area contributed by atoms with Crippen molar-refractivity contribution in [3.63, 3.8) is 0 Å². The quantitative estimate of drug-likeness (QED) is 0.167. The third-order valence-corrected chi connectivity index (χ3v) is 16.1. The number of thiophene rings is 1. The molecule has 5 heteroatoms. The molecule has 4 heterocycles. The molecule has 0 spiro atoms. The van der Waals surface area contributed by atoms with Crippen LogP contribution in [-0.2, 0) is 0 Å². The lowest BCUT2D eigenvalue weighted by atomic mass is 9.90.